The minimum Gasteiger partial charge on any atom is -0.491 e. The number of allylic oxidation sites excluding steroid dienone is 2. The molecule has 0 spiro atoms. The summed E-state index contributed by atoms with van der Waals surface area (Å²) in [5.74, 6) is 3.13. The molecule has 1 aromatic rings. The number of hydrogen-bond donors (Lipinski definition) is 0. The highest BCUT2D eigenvalue weighted by Gasteiger charge is 2.30. The maximum atomic E-state index is 12.9. The van der Waals surface area contributed by atoms with Crippen LogP contribution in [-0.2, 0) is 11.2 Å². The second kappa shape index (κ2) is 12.3. The molecule has 0 bridgehead atoms. The number of ketones is 1. The van der Waals surface area contributed by atoms with Crippen molar-refractivity contribution >= 4 is 18.2 Å². The van der Waals surface area contributed by atoms with Crippen molar-refractivity contribution in [2.45, 2.75) is 85.2 Å². The Kier molecular flexibility index (Phi) is 9.46. The molecule has 1 saturated carbocycles. The molecule has 0 amide bonds. The molecule has 0 saturated heterocycles. The maximum absolute atomic E-state index is 12.9. The third-order valence-corrected chi connectivity index (χ3v) is 6.98. The Morgan fingerprint density at radius 1 is 1.21 bits per heavy atom. The summed E-state index contributed by atoms with van der Waals surface area (Å²) in [6.07, 6.45) is 12.0. The fraction of sp³-hybridized carbons (Fsp3) is 0.621. The van der Waals surface area contributed by atoms with Gasteiger partial charge in [0, 0.05) is 43.9 Å². The lowest BCUT2D eigenvalue weighted by Crippen LogP contribution is -2.21. The lowest BCUT2D eigenvalue weighted by molar-refractivity contribution is -0.120. The largest absolute Gasteiger partial charge is 0.491 e. The minimum absolute atomic E-state index is 0.135. The lowest BCUT2D eigenvalue weighted by Gasteiger charge is -2.30. The van der Waals surface area contributed by atoms with E-state index in [9.17, 15) is 4.79 Å². The number of carbonyl (C=O) groups is 1. The maximum Gasteiger partial charge on any atom is 0.133 e. The molecule has 33 heavy (non-hydrogen) atoms. The zero-order valence-electron chi connectivity index (χ0n) is 21.2. The van der Waals surface area contributed by atoms with Gasteiger partial charge in [0.1, 0.15) is 11.5 Å². The Labute approximate surface area is 200 Å². The van der Waals surface area contributed by atoms with Gasteiger partial charge in [-0.25, -0.2) is 0 Å². The molecule has 1 heterocycles. The van der Waals surface area contributed by atoms with Crippen molar-refractivity contribution < 1.29 is 9.53 Å². The Bertz CT molecular complexity index is 883. The van der Waals surface area contributed by atoms with Crippen LogP contribution in [-0.4, -0.2) is 31.4 Å². The molecule has 3 unspecified atom stereocenters. The van der Waals surface area contributed by atoms with Gasteiger partial charge in [-0.2, -0.15) is 0 Å². The normalized spacial score (nSPS) is 26.1. The second-order valence-electron chi connectivity index (χ2n) is 10.4. The van der Waals surface area contributed by atoms with Crippen LogP contribution in [0.15, 0.2) is 45.5 Å². The molecule has 1 aliphatic carbocycles. The molecule has 1 fully saturated rings. The van der Waals surface area contributed by atoms with E-state index in [2.05, 4.69) is 31.1 Å². The minimum atomic E-state index is 0.135. The van der Waals surface area contributed by atoms with E-state index in [0.717, 1.165) is 37.0 Å². The third kappa shape index (κ3) is 7.38. The van der Waals surface area contributed by atoms with Crippen LogP contribution in [0.1, 0.15) is 78.2 Å². The van der Waals surface area contributed by atoms with Gasteiger partial charge >= 0.3 is 0 Å². The molecular formula is C29H42N2O2. The van der Waals surface area contributed by atoms with E-state index >= 15 is 0 Å². The van der Waals surface area contributed by atoms with Gasteiger partial charge < -0.3 is 4.74 Å². The van der Waals surface area contributed by atoms with Gasteiger partial charge in [0.25, 0.3) is 0 Å². The van der Waals surface area contributed by atoms with E-state index in [4.69, 9.17) is 9.73 Å². The number of rotatable bonds is 9. The van der Waals surface area contributed by atoms with Gasteiger partial charge in [-0.1, -0.05) is 38.5 Å². The molecule has 4 atom stereocenters. The van der Waals surface area contributed by atoms with Crippen LogP contribution in [0.2, 0.25) is 0 Å². The summed E-state index contributed by atoms with van der Waals surface area (Å²) in [5.41, 5.74) is 3.66. The predicted molar refractivity (Wildman–Crippen MR) is 138 cm³/mol. The molecule has 0 aromatic heterocycles. The highest BCUT2D eigenvalue weighted by molar-refractivity contribution is 5.82. The number of ether oxygens (including phenoxy) is 1. The molecule has 3 rings (SSSR count). The van der Waals surface area contributed by atoms with Gasteiger partial charge in [-0.15, -0.1) is 0 Å². The summed E-state index contributed by atoms with van der Waals surface area (Å²) in [6, 6.07) is 8.11. The van der Waals surface area contributed by atoms with Crippen molar-refractivity contribution in [3.63, 3.8) is 0 Å². The molecule has 180 valence electrons. The van der Waals surface area contributed by atoms with Crippen LogP contribution in [0.5, 0.6) is 5.75 Å². The summed E-state index contributed by atoms with van der Waals surface area (Å²) in [6.45, 7) is 8.62. The Balaban J connectivity index is 1.62. The monoisotopic (exact) mass is 450 g/mol. The highest BCUT2D eigenvalue weighted by atomic mass is 16.5. The third-order valence-electron chi connectivity index (χ3n) is 6.98. The van der Waals surface area contributed by atoms with Gasteiger partial charge in [0.15, 0.2) is 0 Å². The molecule has 1 aliphatic heterocycles. The van der Waals surface area contributed by atoms with E-state index in [1.165, 1.54) is 24.1 Å². The van der Waals surface area contributed by atoms with E-state index in [1.54, 1.807) is 0 Å². The topological polar surface area (TPSA) is 51.0 Å². The van der Waals surface area contributed by atoms with E-state index in [-0.39, 0.29) is 6.10 Å². The standard InChI is InChI=1S/C29H42N2O2/c1-20(2)33-28-12-7-6-10-24(28)13-14-26(32)17-23-9-8-11-25(16-23)29-27(19-30-5)22(4)15-21(3)18-31-29/h6-7,10,12,18-23,25H,8-9,11,13-17H2,1-5H3/t21?,22?,23-,25?/m1/s1. The average Bonchev–Trinajstić information content (AvgIpc) is 2.91. The number of benzene rings is 1. The van der Waals surface area contributed by atoms with Gasteiger partial charge in [0.05, 0.1) is 6.10 Å². The first-order valence-corrected chi connectivity index (χ1v) is 12.8. The predicted octanol–water partition coefficient (Wildman–Crippen LogP) is 6.87. The number of nitrogens with zero attached hydrogens (tertiary/aromatic N) is 2. The zero-order chi connectivity index (χ0) is 23.8. The molecule has 4 heteroatoms. The van der Waals surface area contributed by atoms with Crippen molar-refractivity contribution in [1.29, 1.82) is 0 Å². The summed E-state index contributed by atoms with van der Waals surface area (Å²) in [4.78, 5) is 22.2. The fourth-order valence-corrected chi connectivity index (χ4v) is 5.46. The second-order valence-corrected chi connectivity index (χ2v) is 10.4. The number of aliphatic imine (C=N–C) groups is 2. The first-order valence-electron chi connectivity index (χ1n) is 12.8. The van der Waals surface area contributed by atoms with Crippen LogP contribution >= 0.6 is 0 Å². The Morgan fingerprint density at radius 2 is 2.00 bits per heavy atom. The molecular weight excluding hydrogens is 408 g/mol. The highest BCUT2D eigenvalue weighted by Crippen LogP contribution is 2.39. The van der Waals surface area contributed by atoms with Crippen LogP contribution < -0.4 is 4.74 Å². The lowest BCUT2D eigenvalue weighted by atomic mass is 9.76. The van der Waals surface area contributed by atoms with Gasteiger partial charge in [0.2, 0.25) is 0 Å². The number of aryl methyl sites for hydroxylation is 1. The summed E-state index contributed by atoms with van der Waals surface area (Å²) in [5, 5.41) is 0. The Morgan fingerprint density at radius 3 is 2.76 bits per heavy atom. The van der Waals surface area contributed by atoms with Crippen LogP contribution in [0, 0.1) is 23.7 Å². The van der Waals surface area contributed by atoms with E-state index in [0.29, 0.717) is 42.3 Å². The van der Waals surface area contributed by atoms with Crippen molar-refractivity contribution in [3.05, 3.63) is 41.1 Å². The van der Waals surface area contributed by atoms with Crippen LogP contribution in [0.3, 0.4) is 0 Å². The smallest absolute Gasteiger partial charge is 0.133 e. The van der Waals surface area contributed by atoms with Gasteiger partial charge in [-0.05, 0) is 80.9 Å². The first-order chi connectivity index (χ1) is 15.9. The molecule has 0 N–H and O–H groups in total. The average molecular weight is 451 g/mol. The SMILES string of the molecule is CN=CC1=C(C2CCC[C@@H](CC(=O)CCc3ccccc3OC(C)C)C2)N=CC(C)CC1C. The Hall–Kier alpha value is -2.23. The molecule has 2 aliphatic rings. The number of para-hydroxylation sites is 1. The van der Waals surface area contributed by atoms with E-state index < -0.39 is 0 Å². The van der Waals surface area contributed by atoms with Crippen molar-refractivity contribution in [3.8, 4) is 5.75 Å². The van der Waals surface area contributed by atoms with Crippen molar-refractivity contribution in [1.82, 2.24) is 0 Å². The van der Waals surface area contributed by atoms with E-state index in [1.807, 2.05) is 45.3 Å². The van der Waals surface area contributed by atoms with Crippen molar-refractivity contribution in [2.75, 3.05) is 7.05 Å². The summed E-state index contributed by atoms with van der Waals surface area (Å²) >= 11 is 0. The fourth-order valence-electron chi connectivity index (χ4n) is 5.46. The summed E-state index contributed by atoms with van der Waals surface area (Å²) < 4.78 is 5.92. The number of carbonyl (C=O) groups excluding carboxylic acids is 1. The zero-order valence-corrected chi connectivity index (χ0v) is 21.2. The number of hydrogen-bond acceptors (Lipinski definition) is 4. The molecule has 1 aromatic carbocycles. The first kappa shape index (κ1) is 25.4. The van der Waals surface area contributed by atoms with Crippen LogP contribution in [0.25, 0.3) is 0 Å². The quantitative estimate of drug-likeness (QED) is 0.385. The van der Waals surface area contributed by atoms with Crippen LogP contribution in [0.4, 0.5) is 0 Å². The van der Waals surface area contributed by atoms with Crippen molar-refractivity contribution in [2.24, 2.45) is 33.7 Å². The summed E-state index contributed by atoms with van der Waals surface area (Å²) in [7, 11) is 1.85. The molecule has 0 radical (unpaired) electrons. The number of Topliss-reactive ketones (excluding diaryl/α,β-unsaturated/α-hetero) is 1. The van der Waals surface area contributed by atoms with Gasteiger partial charge in [-0.3, -0.25) is 14.8 Å². The molecule has 4 nitrogen and oxygen atoms in total.